The molecule has 0 saturated heterocycles. The Balaban J connectivity index is 2.51. The lowest BCUT2D eigenvalue weighted by Gasteiger charge is -2.12. The van der Waals surface area contributed by atoms with E-state index in [0.717, 1.165) is 5.75 Å². The average molecular weight is 179 g/mol. The lowest BCUT2D eigenvalue weighted by Crippen LogP contribution is -2.18. The van der Waals surface area contributed by atoms with Crippen LogP contribution in [0.4, 0.5) is 0 Å². The van der Waals surface area contributed by atoms with E-state index in [0.29, 0.717) is 0 Å². The van der Waals surface area contributed by atoms with Crippen molar-refractivity contribution in [3.63, 3.8) is 0 Å². The highest BCUT2D eigenvalue weighted by molar-refractivity contribution is 6.52. The first kappa shape index (κ1) is 9.33. The second-order valence-corrected chi connectivity index (χ2v) is 5.36. The fraction of sp³-hybridized carbons (Fsp3) is 0.400. The molecule has 65 valence electrons. The quantitative estimate of drug-likeness (QED) is 0.645. The number of hydrogen-bond donors (Lipinski definition) is 0. The predicted molar refractivity (Wildman–Crippen MR) is 53.8 cm³/mol. The Labute approximate surface area is 76.1 Å². The third kappa shape index (κ3) is 2.70. The Morgan fingerprint density at radius 1 is 1.08 bits per heavy atom. The maximum absolute atomic E-state index is 5.81. The fourth-order valence-corrected chi connectivity index (χ4v) is 2.31. The molecule has 0 saturated carbocycles. The van der Waals surface area contributed by atoms with Gasteiger partial charge in [0.05, 0.1) is 0 Å². The van der Waals surface area contributed by atoms with E-state index >= 15 is 0 Å². The molecular weight excluding hydrogens is 164 g/mol. The molecule has 0 aliphatic carbocycles. The minimum Gasteiger partial charge on any atom is -0.542 e. The summed E-state index contributed by atoms with van der Waals surface area (Å²) >= 11 is 0. The Morgan fingerprint density at radius 2 is 1.67 bits per heavy atom. The molecule has 0 bridgehead atoms. The molecule has 0 N–H and O–H groups in total. The Morgan fingerprint density at radius 3 is 2.17 bits per heavy atom. The van der Waals surface area contributed by atoms with Gasteiger partial charge in [-0.25, -0.2) is 0 Å². The minimum absolute atomic E-state index is 0.576. The standard InChI is InChI=1S/C10H15OSi/c1-3-12(4-2)11-10-8-6-5-7-9-10/h5-9H,3-4H2,1-2H3. The zero-order chi connectivity index (χ0) is 8.81. The summed E-state index contributed by atoms with van der Waals surface area (Å²) in [5, 5.41) is 0. The van der Waals surface area contributed by atoms with Crippen molar-refractivity contribution >= 4 is 9.04 Å². The van der Waals surface area contributed by atoms with Gasteiger partial charge in [0, 0.05) is 0 Å². The van der Waals surface area contributed by atoms with Gasteiger partial charge in [-0.3, -0.25) is 0 Å². The molecule has 0 aliphatic heterocycles. The molecule has 0 fully saturated rings. The third-order valence-corrected chi connectivity index (χ3v) is 3.90. The summed E-state index contributed by atoms with van der Waals surface area (Å²) in [6, 6.07) is 12.4. The molecule has 0 aliphatic rings. The number of para-hydroxylation sites is 1. The van der Waals surface area contributed by atoms with Crippen LogP contribution >= 0.6 is 0 Å². The highest BCUT2D eigenvalue weighted by Gasteiger charge is 2.08. The van der Waals surface area contributed by atoms with Crippen LogP contribution in [0, 0.1) is 0 Å². The minimum atomic E-state index is -0.576. The average Bonchev–Trinajstić information content (AvgIpc) is 2.16. The van der Waals surface area contributed by atoms with Gasteiger partial charge in [-0.1, -0.05) is 32.0 Å². The first-order valence-corrected chi connectivity index (χ1v) is 6.26. The highest BCUT2D eigenvalue weighted by atomic mass is 28.3. The smallest absolute Gasteiger partial charge is 0.280 e. The van der Waals surface area contributed by atoms with Gasteiger partial charge < -0.3 is 4.43 Å². The van der Waals surface area contributed by atoms with Gasteiger partial charge in [0.25, 0.3) is 9.04 Å². The molecular formula is C10H15OSi. The largest absolute Gasteiger partial charge is 0.542 e. The molecule has 12 heavy (non-hydrogen) atoms. The molecule has 1 radical (unpaired) electrons. The van der Waals surface area contributed by atoms with E-state index in [1.165, 1.54) is 12.1 Å². The summed E-state index contributed by atoms with van der Waals surface area (Å²) in [7, 11) is -0.576. The first-order chi connectivity index (χ1) is 5.86. The Bertz CT molecular complexity index is 206. The van der Waals surface area contributed by atoms with Gasteiger partial charge >= 0.3 is 0 Å². The van der Waals surface area contributed by atoms with E-state index < -0.39 is 9.04 Å². The van der Waals surface area contributed by atoms with E-state index in [4.69, 9.17) is 4.43 Å². The van der Waals surface area contributed by atoms with Crippen molar-refractivity contribution in [2.45, 2.75) is 25.9 Å². The van der Waals surface area contributed by atoms with E-state index in [1.807, 2.05) is 30.3 Å². The van der Waals surface area contributed by atoms with Crippen LogP contribution in [0.1, 0.15) is 13.8 Å². The number of hydrogen-bond acceptors (Lipinski definition) is 1. The monoisotopic (exact) mass is 179 g/mol. The van der Waals surface area contributed by atoms with Crippen LogP contribution in [0.25, 0.3) is 0 Å². The van der Waals surface area contributed by atoms with Crippen molar-refractivity contribution in [3.8, 4) is 5.75 Å². The van der Waals surface area contributed by atoms with E-state index in [2.05, 4.69) is 13.8 Å². The van der Waals surface area contributed by atoms with Crippen LogP contribution in [0.3, 0.4) is 0 Å². The van der Waals surface area contributed by atoms with E-state index in [9.17, 15) is 0 Å². The molecule has 1 aromatic rings. The molecule has 1 nitrogen and oxygen atoms in total. The van der Waals surface area contributed by atoms with Crippen LogP contribution in [0.15, 0.2) is 30.3 Å². The molecule has 1 rings (SSSR count). The molecule has 0 spiro atoms. The summed E-state index contributed by atoms with van der Waals surface area (Å²) in [6.07, 6.45) is 0. The van der Waals surface area contributed by atoms with E-state index in [-0.39, 0.29) is 0 Å². The first-order valence-electron chi connectivity index (χ1n) is 4.44. The van der Waals surface area contributed by atoms with Crippen LogP contribution in [-0.2, 0) is 0 Å². The van der Waals surface area contributed by atoms with E-state index in [1.54, 1.807) is 0 Å². The maximum Gasteiger partial charge on any atom is 0.280 e. The second kappa shape index (κ2) is 4.98. The van der Waals surface area contributed by atoms with Gasteiger partial charge in [-0.15, -0.1) is 0 Å². The van der Waals surface area contributed by atoms with Crippen molar-refractivity contribution in [3.05, 3.63) is 30.3 Å². The topological polar surface area (TPSA) is 9.23 Å². The lowest BCUT2D eigenvalue weighted by atomic mass is 10.3. The van der Waals surface area contributed by atoms with Gasteiger partial charge in [-0.05, 0) is 24.2 Å². The summed E-state index contributed by atoms with van der Waals surface area (Å²) in [4.78, 5) is 0. The zero-order valence-electron chi connectivity index (χ0n) is 7.71. The van der Waals surface area contributed by atoms with Crippen molar-refractivity contribution in [1.29, 1.82) is 0 Å². The van der Waals surface area contributed by atoms with Gasteiger partial charge in [0.2, 0.25) is 0 Å². The lowest BCUT2D eigenvalue weighted by molar-refractivity contribution is 0.566. The molecule has 0 amide bonds. The Kier molecular flexibility index (Phi) is 3.87. The summed E-state index contributed by atoms with van der Waals surface area (Å²) in [5.41, 5.74) is 0. The molecule has 0 unspecified atom stereocenters. The summed E-state index contributed by atoms with van der Waals surface area (Å²) in [5.74, 6) is 1.02. The van der Waals surface area contributed by atoms with Crippen LogP contribution in [-0.4, -0.2) is 9.04 Å². The normalized spacial score (nSPS) is 10.2. The van der Waals surface area contributed by atoms with Crippen LogP contribution < -0.4 is 4.43 Å². The SMILES string of the molecule is CC[Si](CC)Oc1ccccc1. The second-order valence-electron chi connectivity index (χ2n) is 2.66. The van der Waals surface area contributed by atoms with Crippen molar-refractivity contribution in [2.24, 2.45) is 0 Å². The molecule has 2 heteroatoms. The number of rotatable bonds is 4. The number of benzene rings is 1. The van der Waals surface area contributed by atoms with Gasteiger partial charge in [0.1, 0.15) is 5.75 Å². The van der Waals surface area contributed by atoms with Crippen molar-refractivity contribution in [2.75, 3.05) is 0 Å². The molecule has 0 atom stereocenters. The zero-order valence-corrected chi connectivity index (χ0v) is 8.71. The summed E-state index contributed by atoms with van der Waals surface area (Å²) < 4.78 is 5.81. The highest BCUT2D eigenvalue weighted by Crippen LogP contribution is 2.12. The van der Waals surface area contributed by atoms with Crippen LogP contribution in [0.5, 0.6) is 5.75 Å². The van der Waals surface area contributed by atoms with Crippen molar-refractivity contribution < 1.29 is 4.43 Å². The Hall–Kier alpha value is -0.763. The molecule has 0 heterocycles. The maximum atomic E-state index is 5.81. The fourth-order valence-electron chi connectivity index (χ4n) is 1.05. The third-order valence-electron chi connectivity index (χ3n) is 1.79. The predicted octanol–water partition coefficient (Wildman–Crippen LogP) is 3.10. The van der Waals surface area contributed by atoms with Crippen molar-refractivity contribution in [1.82, 2.24) is 0 Å². The molecule has 0 aromatic heterocycles. The van der Waals surface area contributed by atoms with Crippen LogP contribution in [0.2, 0.25) is 12.1 Å². The summed E-state index contributed by atoms with van der Waals surface area (Å²) in [6.45, 7) is 4.39. The molecule has 1 aromatic carbocycles. The van der Waals surface area contributed by atoms with Gasteiger partial charge in [0.15, 0.2) is 0 Å². The van der Waals surface area contributed by atoms with Gasteiger partial charge in [-0.2, -0.15) is 0 Å².